The maximum Gasteiger partial charge on any atom is 0.147 e. The number of epoxide rings is 1. The van der Waals surface area contributed by atoms with Crippen molar-refractivity contribution in [3.63, 3.8) is 0 Å². The van der Waals surface area contributed by atoms with Crippen LogP contribution in [-0.4, -0.2) is 25.9 Å². The molecule has 0 N–H and O–H groups in total. The monoisotopic (exact) mass is 188 g/mol. The van der Waals surface area contributed by atoms with Gasteiger partial charge in [0.05, 0.1) is 6.61 Å². The van der Waals surface area contributed by atoms with Gasteiger partial charge in [-0.1, -0.05) is 30.0 Å². The van der Waals surface area contributed by atoms with Crippen molar-refractivity contribution in [2.45, 2.75) is 12.2 Å². The number of hydrogen-bond acceptors (Lipinski definition) is 2. The van der Waals surface area contributed by atoms with E-state index in [1.54, 1.807) is 7.11 Å². The van der Waals surface area contributed by atoms with E-state index in [1.807, 2.05) is 30.3 Å². The highest BCUT2D eigenvalue weighted by Gasteiger charge is 2.37. The van der Waals surface area contributed by atoms with Gasteiger partial charge < -0.3 is 9.47 Å². The summed E-state index contributed by atoms with van der Waals surface area (Å²) < 4.78 is 10.2. The van der Waals surface area contributed by atoms with Crippen molar-refractivity contribution in [2.24, 2.45) is 0 Å². The quantitative estimate of drug-likeness (QED) is 0.517. The Labute approximate surface area is 83.8 Å². The number of hydrogen-bond donors (Lipinski definition) is 0. The van der Waals surface area contributed by atoms with E-state index in [0.717, 1.165) is 5.56 Å². The predicted octanol–water partition coefficient (Wildman–Crippen LogP) is 1.45. The van der Waals surface area contributed by atoms with Gasteiger partial charge in [0, 0.05) is 12.7 Å². The Kier molecular flexibility index (Phi) is 2.83. The zero-order chi connectivity index (χ0) is 9.80. The Balaban J connectivity index is 1.90. The minimum atomic E-state index is 0.0650. The summed E-state index contributed by atoms with van der Waals surface area (Å²) >= 11 is 0. The molecule has 1 saturated heterocycles. The molecule has 72 valence electrons. The molecule has 14 heavy (non-hydrogen) atoms. The van der Waals surface area contributed by atoms with E-state index < -0.39 is 0 Å². The zero-order valence-corrected chi connectivity index (χ0v) is 8.07. The molecule has 1 aliphatic heterocycles. The minimum Gasteiger partial charge on any atom is -0.382 e. The Morgan fingerprint density at radius 2 is 2.14 bits per heavy atom. The van der Waals surface area contributed by atoms with E-state index in [2.05, 4.69) is 11.8 Å². The van der Waals surface area contributed by atoms with E-state index >= 15 is 0 Å². The van der Waals surface area contributed by atoms with Crippen LogP contribution in [0.3, 0.4) is 0 Å². The molecule has 0 saturated carbocycles. The SMILES string of the molecule is COC[C@H]1O[C@@H]1C#Cc1ccccc1. The molecular weight excluding hydrogens is 176 g/mol. The molecule has 2 heteroatoms. The van der Waals surface area contributed by atoms with Crippen LogP contribution in [-0.2, 0) is 9.47 Å². The summed E-state index contributed by atoms with van der Waals surface area (Å²) in [5.74, 6) is 6.12. The molecule has 1 aromatic rings. The molecule has 0 aliphatic carbocycles. The Hall–Kier alpha value is -1.30. The van der Waals surface area contributed by atoms with Crippen LogP contribution in [0, 0.1) is 11.8 Å². The summed E-state index contributed by atoms with van der Waals surface area (Å²) in [7, 11) is 1.67. The lowest BCUT2D eigenvalue weighted by atomic mass is 10.2. The molecule has 0 aromatic heterocycles. The molecule has 1 aliphatic rings. The molecule has 0 radical (unpaired) electrons. The lowest BCUT2D eigenvalue weighted by Crippen LogP contribution is -2.00. The van der Waals surface area contributed by atoms with E-state index in [0.29, 0.717) is 6.61 Å². The summed E-state index contributed by atoms with van der Waals surface area (Å²) in [4.78, 5) is 0. The number of ether oxygens (including phenoxy) is 2. The fourth-order valence-corrected chi connectivity index (χ4v) is 1.24. The summed E-state index contributed by atoms with van der Waals surface area (Å²) in [6.07, 6.45) is 0.242. The Morgan fingerprint density at radius 3 is 2.86 bits per heavy atom. The normalized spacial score (nSPS) is 23.8. The standard InChI is InChI=1S/C12H12O2/c1-13-9-12-11(14-12)8-7-10-5-3-2-4-6-10/h2-6,11-12H,9H2,1H3/t11-,12-/m1/s1. The lowest BCUT2D eigenvalue weighted by molar-refractivity contribution is 0.171. The average Bonchev–Trinajstić information content (AvgIpc) is 2.96. The highest BCUT2D eigenvalue weighted by atomic mass is 16.6. The summed E-state index contributed by atoms with van der Waals surface area (Å²) in [5, 5.41) is 0. The van der Waals surface area contributed by atoms with E-state index in [1.165, 1.54) is 0 Å². The van der Waals surface area contributed by atoms with E-state index in [4.69, 9.17) is 9.47 Å². The summed E-state index contributed by atoms with van der Waals surface area (Å²) in [5.41, 5.74) is 1.03. The number of rotatable bonds is 2. The summed E-state index contributed by atoms with van der Waals surface area (Å²) in [6, 6.07) is 9.91. The molecule has 2 nitrogen and oxygen atoms in total. The van der Waals surface area contributed by atoms with Crippen molar-refractivity contribution in [1.82, 2.24) is 0 Å². The third kappa shape index (κ3) is 2.35. The average molecular weight is 188 g/mol. The molecule has 0 spiro atoms. The van der Waals surface area contributed by atoms with Gasteiger partial charge in [0.1, 0.15) is 12.2 Å². The third-order valence-electron chi connectivity index (χ3n) is 2.05. The molecule has 1 aromatic carbocycles. The smallest absolute Gasteiger partial charge is 0.147 e. The first-order valence-corrected chi connectivity index (χ1v) is 4.61. The first kappa shape index (κ1) is 9.26. The van der Waals surface area contributed by atoms with Gasteiger partial charge in [0.2, 0.25) is 0 Å². The van der Waals surface area contributed by atoms with Crippen LogP contribution in [0.15, 0.2) is 30.3 Å². The van der Waals surface area contributed by atoms with E-state index in [-0.39, 0.29) is 12.2 Å². The third-order valence-corrected chi connectivity index (χ3v) is 2.05. The van der Waals surface area contributed by atoms with Crippen LogP contribution in [0.4, 0.5) is 0 Å². The molecule has 1 heterocycles. The van der Waals surface area contributed by atoms with Crippen LogP contribution in [0.1, 0.15) is 5.56 Å². The highest BCUT2D eigenvalue weighted by Crippen LogP contribution is 2.20. The van der Waals surface area contributed by atoms with Gasteiger partial charge in [0.15, 0.2) is 0 Å². The second-order valence-corrected chi connectivity index (χ2v) is 3.19. The minimum absolute atomic E-state index is 0.0650. The highest BCUT2D eigenvalue weighted by molar-refractivity contribution is 5.35. The van der Waals surface area contributed by atoms with Gasteiger partial charge in [-0.05, 0) is 12.1 Å². The van der Waals surface area contributed by atoms with Crippen LogP contribution in [0.5, 0.6) is 0 Å². The van der Waals surface area contributed by atoms with Gasteiger partial charge in [0.25, 0.3) is 0 Å². The molecule has 1 fully saturated rings. The van der Waals surface area contributed by atoms with Crippen LogP contribution in [0.2, 0.25) is 0 Å². The van der Waals surface area contributed by atoms with Crippen molar-refractivity contribution in [3.8, 4) is 11.8 Å². The second kappa shape index (κ2) is 4.28. The van der Waals surface area contributed by atoms with Gasteiger partial charge in [-0.2, -0.15) is 0 Å². The van der Waals surface area contributed by atoms with Crippen molar-refractivity contribution < 1.29 is 9.47 Å². The van der Waals surface area contributed by atoms with E-state index in [9.17, 15) is 0 Å². The molecule has 2 rings (SSSR count). The van der Waals surface area contributed by atoms with Crippen LogP contribution in [0.25, 0.3) is 0 Å². The lowest BCUT2D eigenvalue weighted by Gasteiger charge is -1.87. The maximum atomic E-state index is 5.28. The second-order valence-electron chi connectivity index (χ2n) is 3.19. The van der Waals surface area contributed by atoms with Gasteiger partial charge in [-0.3, -0.25) is 0 Å². The van der Waals surface area contributed by atoms with Crippen molar-refractivity contribution in [3.05, 3.63) is 35.9 Å². The van der Waals surface area contributed by atoms with Gasteiger partial charge >= 0.3 is 0 Å². The van der Waals surface area contributed by atoms with Crippen LogP contribution >= 0.6 is 0 Å². The molecule has 0 unspecified atom stereocenters. The molecule has 0 bridgehead atoms. The zero-order valence-electron chi connectivity index (χ0n) is 8.07. The molecule has 2 atom stereocenters. The van der Waals surface area contributed by atoms with Crippen molar-refractivity contribution in [2.75, 3.05) is 13.7 Å². The summed E-state index contributed by atoms with van der Waals surface area (Å²) in [6.45, 7) is 0.633. The first-order chi connectivity index (χ1) is 6.90. The topological polar surface area (TPSA) is 21.8 Å². The number of methoxy groups -OCH3 is 1. The first-order valence-electron chi connectivity index (χ1n) is 4.61. The Morgan fingerprint density at radius 1 is 1.36 bits per heavy atom. The maximum absolute atomic E-state index is 5.28. The van der Waals surface area contributed by atoms with Crippen LogP contribution < -0.4 is 0 Å². The van der Waals surface area contributed by atoms with Gasteiger partial charge in [-0.25, -0.2) is 0 Å². The predicted molar refractivity (Wildman–Crippen MR) is 53.9 cm³/mol. The largest absolute Gasteiger partial charge is 0.382 e. The molecule has 0 amide bonds. The Bertz CT molecular complexity index is 348. The fraction of sp³-hybridized carbons (Fsp3) is 0.333. The van der Waals surface area contributed by atoms with Crippen molar-refractivity contribution >= 4 is 0 Å². The fourth-order valence-electron chi connectivity index (χ4n) is 1.24. The number of benzene rings is 1. The van der Waals surface area contributed by atoms with Gasteiger partial charge in [-0.15, -0.1) is 0 Å². The van der Waals surface area contributed by atoms with Crippen molar-refractivity contribution in [1.29, 1.82) is 0 Å². The molecular formula is C12H12O2.